The zero-order valence-electron chi connectivity index (χ0n) is 10.5. The lowest BCUT2D eigenvalue weighted by atomic mass is 9.96. The molecule has 0 aliphatic carbocycles. The summed E-state index contributed by atoms with van der Waals surface area (Å²) in [6.07, 6.45) is 5.35. The molecule has 92 valence electrons. The quantitative estimate of drug-likeness (QED) is 0.487. The van der Waals surface area contributed by atoms with Crippen molar-refractivity contribution in [3.8, 4) is 0 Å². The van der Waals surface area contributed by atoms with Gasteiger partial charge in [0.25, 0.3) is 0 Å². The third-order valence-electron chi connectivity index (χ3n) is 3.33. The van der Waals surface area contributed by atoms with Crippen molar-refractivity contribution in [1.29, 1.82) is 0 Å². The highest BCUT2D eigenvalue weighted by molar-refractivity contribution is 6.06. The first-order chi connectivity index (χ1) is 9.40. The number of rotatable bonds is 3. The zero-order valence-corrected chi connectivity index (χ0v) is 10.5. The molecule has 0 spiro atoms. The van der Waals surface area contributed by atoms with Crippen LogP contribution in [-0.4, -0.2) is 6.29 Å². The van der Waals surface area contributed by atoms with E-state index in [4.69, 9.17) is 0 Å². The van der Waals surface area contributed by atoms with Crippen LogP contribution < -0.4 is 0 Å². The van der Waals surface area contributed by atoms with E-state index in [0.29, 0.717) is 6.42 Å². The van der Waals surface area contributed by atoms with Crippen LogP contribution in [0.3, 0.4) is 0 Å². The van der Waals surface area contributed by atoms with Crippen LogP contribution in [0.25, 0.3) is 27.6 Å². The summed E-state index contributed by atoms with van der Waals surface area (Å²) in [5.41, 5.74) is 1.19. The highest BCUT2D eigenvalue weighted by Gasteiger charge is 2.03. The average Bonchev–Trinajstić information content (AvgIpc) is 2.46. The van der Waals surface area contributed by atoms with E-state index in [-0.39, 0.29) is 0 Å². The van der Waals surface area contributed by atoms with E-state index in [2.05, 4.69) is 48.5 Å². The van der Waals surface area contributed by atoms with Gasteiger partial charge in [-0.15, -0.1) is 0 Å². The summed E-state index contributed by atoms with van der Waals surface area (Å²) in [5.74, 6) is 0. The van der Waals surface area contributed by atoms with E-state index in [9.17, 15) is 4.79 Å². The van der Waals surface area contributed by atoms with E-state index in [1.165, 1.54) is 27.1 Å². The second kappa shape index (κ2) is 5.07. The van der Waals surface area contributed by atoms with E-state index < -0.39 is 0 Å². The van der Waals surface area contributed by atoms with Gasteiger partial charge in [-0.2, -0.15) is 0 Å². The van der Waals surface area contributed by atoms with Gasteiger partial charge in [0, 0.05) is 6.42 Å². The van der Waals surface area contributed by atoms with E-state index >= 15 is 0 Å². The molecule has 0 amide bonds. The van der Waals surface area contributed by atoms with Crippen LogP contribution >= 0.6 is 0 Å². The van der Waals surface area contributed by atoms with Crippen LogP contribution in [0.5, 0.6) is 0 Å². The molecular formula is C18H14O. The Hall–Kier alpha value is -2.41. The zero-order chi connectivity index (χ0) is 13.1. The second-order valence-corrected chi connectivity index (χ2v) is 4.54. The maximum absolute atomic E-state index is 10.5. The van der Waals surface area contributed by atoms with E-state index in [1.807, 2.05) is 18.2 Å². The van der Waals surface area contributed by atoms with Crippen molar-refractivity contribution in [2.45, 2.75) is 6.42 Å². The van der Waals surface area contributed by atoms with Crippen molar-refractivity contribution >= 4 is 33.9 Å². The topological polar surface area (TPSA) is 17.1 Å². The van der Waals surface area contributed by atoms with Gasteiger partial charge >= 0.3 is 0 Å². The number of hydrogen-bond donors (Lipinski definition) is 0. The molecule has 3 rings (SSSR count). The Bertz CT molecular complexity index is 715. The normalized spacial score (nSPS) is 11.4. The van der Waals surface area contributed by atoms with Crippen molar-refractivity contribution in [3.05, 3.63) is 66.2 Å². The first kappa shape index (κ1) is 11.7. The number of carbonyl (C=O) groups excluding carboxylic acids is 1. The van der Waals surface area contributed by atoms with Gasteiger partial charge in [-0.05, 0) is 33.2 Å². The largest absolute Gasteiger partial charge is 0.303 e. The summed E-state index contributed by atoms with van der Waals surface area (Å²) in [7, 11) is 0. The molecule has 0 bridgehead atoms. The molecule has 0 saturated heterocycles. The maximum Gasteiger partial charge on any atom is 0.123 e. The first-order valence-electron chi connectivity index (χ1n) is 6.41. The first-order valence-corrected chi connectivity index (χ1v) is 6.41. The van der Waals surface area contributed by atoms with E-state index in [0.717, 1.165) is 6.29 Å². The molecule has 3 aromatic carbocycles. The lowest BCUT2D eigenvalue weighted by Crippen LogP contribution is -1.83. The Morgan fingerprint density at radius 2 is 1.42 bits per heavy atom. The number of aldehydes is 1. The second-order valence-electron chi connectivity index (χ2n) is 4.54. The van der Waals surface area contributed by atoms with Crippen molar-refractivity contribution in [2.75, 3.05) is 0 Å². The Kier molecular flexibility index (Phi) is 3.11. The smallest absolute Gasteiger partial charge is 0.123 e. The van der Waals surface area contributed by atoms with Crippen LogP contribution in [0.15, 0.2) is 60.7 Å². The van der Waals surface area contributed by atoms with Crippen molar-refractivity contribution < 1.29 is 4.79 Å². The molecular weight excluding hydrogens is 232 g/mol. The number of carbonyl (C=O) groups is 1. The number of hydrogen-bond acceptors (Lipinski definition) is 1. The third-order valence-corrected chi connectivity index (χ3v) is 3.33. The molecule has 0 atom stereocenters. The van der Waals surface area contributed by atoms with Gasteiger partial charge in [0.15, 0.2) is 0 Å². The standard InChI is InChI=1S/C18H14O/c19-12-6-5-11-18-16-9-3-1-7-14(16)13-15-8-2-4-10-17(15)18/h1-5,7-13H,6H2. The predicted molar refractivity (Wildman–Crippen MR) is 81.2 cm³/mol. The van der Waals surface area contributed by atoms with Gasteiger partial charge in [-0.25, -0.2) is 0 Å². The summed E-state index contributed by atoms with van der Waals surface area (Å²) >= 11 is 0. The Balaban J connectivity index is 2.36. The predicted octanol–water partition coefficient (Wildman–Crippen LogP) is 4.60. The molecule has 1 nitrogen and oxygen atoms in total. The monoisotopic (exact) mass is 246 g/mol. The highest BCUT2D eigenvalue weighted by Crippen LogP contribution is 2.29. The van der Waals surface area contributed by atoms with Crippen LogP contribution in [-0.2, 0) is 4.79 Å². The molecule has 19 heavy (non-hydrogen) atoms. The molecule has 1 heteroatoms. The molecule has 0 aliphatic heterocycles. The van der Waals surface area contributed by atoms with Crippen LogP contribution in [0.2, 0.25) is 0 Å². The van der Waals surface area contributed by atoms with Crippen LogP contribution in [0.1, 0.15) is 12.0 Å². The summed E-state index contributed by atoms with van der Waals surface area (Å²) in [6.45, 7) is 0. The van der Waals surface area contributed by atoms with Gasteiger partial charge in [-0.3, -0.25) is 0 Å². The molecule has 3 aromatic rings. The van der Waals surface area contributed by atoms with Gasteiger partial charge in [0.05, 0.1) is 0 Å². The summed E-state index contributed by atoms with van der Waals surface area (Å²) < 4.78 is 0. The van der Waals surface area contributed by atoms with Crippen molar-refractivity contribution in [3.63, 3.8) is 0 Å². The minimum atomic E-state index is 0.456. The fourth-order valence-electron chi connectivity index (χ4n) is 2.47. The highest BCUT2D eigenvalue weighted by atomic mass is 16.1. The Labute approximate surface area is 112 Å². The minimum absolute atomic E-state index is 0.456. The number of benzene rings is 3. The molecule has 0 saturated carbocycles. The molecule has 0 radical (unpaired) electrons. The van der Waals surface area contributed by atoms with Crippen LogP contribution in [0.4, 0.5) is 0 Å². The fraction of sp³-hybridized carbons (Fsp3) is 0.0556. The molecule has 0 heterocycles. The lowest BCUT2D eigenvalue weighted by Gasteiger charge is -2.08. The third kappa shape index (κ3) is 2.15. The number of allylic oxidation sites excluding steroid dienone is 1. The van der Waals surface area contributed by atoms with Gasteiger partial charge < -0.3 is 4.79 Å². The molecule has 0 aliphatic rings. The van der Waals surface area contributed by atoms with Gasteiger partial charge in [0.1, 0.15) is 6.29 Å². The maximum atomic E-state index is 10.5. The minimum Gasteiger partial charge on any atom is -0.303 e. The molecule has 0 fully saturated rings. The molecule has 0 aromatic heterocycles. The summed E-state index contributed by atoms with van der Waals surface area (Å²) in [5, 5.41) is 4.91. The Morgan fingerprint density at radius 3 is 2.00 bits per heavy atom. The van der Waals surface area contributed by atoms with Crippen molar-refractivity contribution in [1.82, 2.24) is 0 Å². The van der Waals surface area contributed by atoms with Gasteiger partial charge in [0.2, 0.25) is 0 Å². The summed E-state index contributed by atoms with van der Waals surface area (Å²) in [6, 6.07) is 18.9. The van der Waals surface area contributed by atoms with Crippen molar-refractivity contribution in [2.24, 2.45) is 0 Å². The van der Waals surface area contributed by atoms with Crippen LogP contribution in [0, 0.1) is 0 Å². The lowest BCUT2D eigenvalue weighted by molar-refractivity contribution is -0.107. The fourth-order valence-corrected chi connectivity index (χ4v) is 2.47. The number of fused-ring (bicyclic) bond motifs is 2. The SMILES string of the molecule is O=CCC=Cc1c2ccccc2cc2ccccc12. The summed E-state index contributed by atoms with van der Waals surface area (Å²) in [4.78, 5) is 10.5. The molecule has 0 N–H and O–H groups in total. The molecule has 0 unspecified atom stereocenters. The van der Waals surface area contributed by atoms with E-state index in [1.54, 1.807) is 0 Å². The average molecular weight is 246 g/mol. The van der Waals surface area contributed by atoms with Gasteiger partial charge in [-0.1, -0.05) is 60.7 Å². The Morgan fingerprint density at radius 1 is 0.842 bits per heavy atom.